The number of rotatable bonds is 20. The predicted octanol–water partition coefficient (Wildman–Crippen LogP) is 10.9. The second kappa shape index (κ2) is 19.5. The van der Waals surface area contributed by atoms with Crippen LogP contribution in [0.25, 0.3) is 0 Å². The summed E-state index contributed by atoms with van der Waals surface area (Å²) in [4.78, 5) is 12.6. The molecule has 3 rings (SSSR count). The van der Waals surface area contributed by atoms with Gasteiger partial charge < -0.3 is 9.47 Å². The Hall–Kier alpha value is -2.55. The summed E-state index contributed by atoms with van der Waals surface area (Å²) in [6.45, 7) is 6.78. The van der Waals surface area contributed by atoms with E-state index >= 15 is 0 Å². The molecule has 1 fully saturated rings. The Kier molecular flexibility index (Phi) is 15.6. The number of ether oxygens (including phenoxy) is 2. The van der Waals surface area contributed by atoms with E-state index in [1.54, 1.807) is 12.1 Å². The number of esters is 1. The Bertz CT molecular complexity index is 938. The molecule has 2 aromatic rings. The number of hydrogen-bond acceptors (Lipinski definition) is 3. The van der Waals surface area contributed by atoms with Crippen molar-refractivity contribution < 1.29 is 14.3 Å². The summed E-state index contributed by atoms with van der Waals surface area (Å²) >= 11 is 0. The lowest BCUT2D eigenvalue weighted by Gasteiger charge is -2.28. The van der Waals surface area contributed by atoms with E-state index in [4.69, 9.17) is 9.47 Å². The first-order valence-corrected chi connectivity index (χ1v) is 16.3. The largest absolute Gasteiger partial charge is 0.494 e. The lowest BCUT2D eigenvalue weighted by atomic mass is 9.78. The van der Waals surface area contributed by atoms with Gasteiger partial charge >= 0.3 is 5.97 Å². The van der Waals surface area contributed by atoms with Crippen LogP contribution in [0.15, 0.2) is 61.2 Å². The molecule has 1 aliphatic rings. The first-order valence-electron chi connectivity index (χ1n) is 16.3. The Balaban J connectivity index is 1.28. The molecule has 0 aromatic heterocycles. The van der Waals surface area contributed by atoms with Crippen molar-refractivity contribution in [3.63, 3.8) is 0 Å². The zero-order valence-electron chi connectivity index (χ0n) is 25.2. The predicted molar refractivity (Wildman–Crippen MR) is 168 cm³/mol. The number of carbonyl (C=O) groups excluding carboxylic acids is 1. The number of carbonyl (C=O) groups is 1. The first kappa shape index (κ1) is 32.0. The normalized spacial score (nSPS) is 16.9. The molecule has 0 N–H and O–H groups in total. The summed E-state index contributed by atoms with van der Waals surface area (Å²) in [7, 11) is 0. The van der Waals surface area contributed by atoms with Crippen LogP contribution in [0, 0.1) is 11.8 Å². The molecule has 220 valence electrons. The number of aryl methyl sites for hydroxylation is 1. The minimum absolute atomic E-state index is 0.330. The molecule has 3 nitrogen and oxygen atoms in total. The highest BCUT2D eigenvalue weighted by atomic mass is 16.5. The third-order valence-corrected chi connectivity index (χ3v) is 8.57. The average Bonchev–Trinajstić information content (AvgIpc) is 2.99. The summed E-state index contributed by atoms with van der Waals surface area (Å²) < 4.78 is 11.5. The van der Waals surface area contributed by atoms with Gasteiger partial charge in [-0.25, -0.2) is 4.79 Å². The SMILES string of the molecule is C=CCCCCCCCCCOc1ccc(C(=O)Oc2ccc(CC[C@H]3CC[C@H](CCCCC)CC3)cc2)cc1. The monoisotopic (exact) mass is 546 g/mol. The molecule has 1 aliphatic carbocycles. The molecule has 0 aliphatic heterocycles. The fourth-order valence-corrected chi connectivity index (χ4v) is 5.90. The molecule has 0 bridgehead atoms. The van der Waals surface area contributed by atoms with Gasteiger partial charge in [-0.15, -0.1) is 6.58 Å². The minimum atomic E-state index is -0.330. The highest BCUT2D eigenvalue weighted by Gasteiger charge is 2.20. The highest BCUT2D eigenvalue weighted by molar-refractivity contribution is 5.91. The van der Waals surface area contributed by atoms with E-state index in [1.165, 1.54) is 102 Å². The third-order valence-electron chi connectivity index (χ3n) is 8.57. The number of hydrogen-bond donors (Lipinski definition) is 0. The van der Waals surface area contributed by atoms with E-state index in [-0.39, 0.29) is 5.97 Å². The minimum Gasteiger partial charge on any atom is -0.494 e. The number of unbranched alkanes of at least 4 members (excludes halogenated alkanes) is 9. The molecule has 0 amide bonds. The van der Waals surface area contributed by atoms with Gasteiger partial charge in [0.25, 0.3) is 0 Å². The Morgan fingerprint density at radius 1 is 0.750 bits per heavy atom. The number of allylic oxidation sites excluding steroid dienone is 1. The van der Waals surface area contributed by atoms with Crippen LogP contribution in [0.2, 0.25) is 0 Å². The molecule has 0 heterocycles. The third kappa shape index (κ3) is 12.7. The van der Waals surface area contributed by atoms with Gasteiger partial charge in [-0.05, 0) is 85.9 Å². The molecule has 0 unspecified atom stereocenters. The van der Waals surface area contributed by atoms with Gasteiger partial charge in [0.05, 0.1) is 12.2 Å². The maximum absolute atomic E-state index is 12.6. The van der Waals surface area contributed by atoms with Crippen molar-refractivity contribution in [2.75, 3.05) is 6.61 Å². The van der Waals surface area contributed by atoms with Crippen molar-refractivity contribution in [2.45, 2.75) is 122 Å². The van der Waals surface area contributed by atoms with Gasteiger partial charge in [0, 0.05) is 0 Å². The van der Waals surface area contributed by atoms with E-state index in [0.717, 1.165) is 36.8 Å². The zero-order valence-corrected chi connectivity index (χ0v) is 25.2. The van der Waals surface area contributed by atoms with Crippen molar-refractivity contribution >= 4 is 5.97 Å². The molecule has 0 atom stereocenters. The van der Waals surface area contributed by atoms with Gasteiger partial charge in [0.2, 0.25) is 0 Å². The summed E-state index contributed by atoms with van der Waals surface area (Å²) in [5, 5.41) is 0. The molecular formula is C37H54O3. The fourth-order valence-electron chi connectivity index (χ4n) is 5.90. The standard InChI is InChI=1S/C37H54O3/c1-3-5-7-8-9-10-11-12-14-30-39-35-28-24-34(25-29-35)37(38)40-36-26-22-33(23-27-36)21-20-32-18-16-31(17-19-32)15-13-6-4-2/h3,22-29,31-32H,1,4-21,30H2,2H3/t31-,32-. The van der Waals surface area contributed by atoms with Gasteiger partial charge in [-0.2, -0.15) is 0 Å². The second-order valence-electron chi connectivity index (χ2n) is 11.9. The van der Waals surface area contributed by atoms with Crippen LogP contribution in [-0.2, 0) is 6.42 Å². The second-order valence-corrected chi connectivity index (χ2v) is 11.9. The van der Waals surface area contributed by atoms with Crippen LogP contribution in [0.5, 0.6) is 11.5 Å². The van der Waals surface area contributed by atoms with Crippen molar-refractivity contribution in [1.29, 1.82) is 0 Å². The van der Waals surface area contributed by atoms with E-state index in [1.807, 2.05) is 30.3 Å². The van der Waals surface area contributed by atoms with Gasteiger partial charge in [-0.1, -0.05) is 109 Å². The summed E-state index contributed by atoms with van der Waals surface area (Å²) in [5.41, 5.74) is 1.87. The van der Waals surface area contributed by atoms with Gasteiger partial charge in [0.15, 0.2) is 0 Å². The molecule has 0 radical (unpaired) electrons. The summed E-state index contributed by atoms with van der Waals surface area (Å²) in [5.74, 6) is 2.91. The first-order chi connectivity index (χ1) is 19.7. The van der Waals surface area contributed by atoms with Crippen LogP contribution in [0.4, 0.5) is 0 Å². The lowest BCUT2D eigenvalue weighted by molar-refractivity contribution is 0.0734. The molecule has 3 heteroatoms. The van der Waals surface area contributed by atoms with Gasteiger partial charge in [0.1, 0.15) is 11.5 Å². The van der Waals surface area contributed by atoms with Crippen LogP contribution in [0.3, 0.4) is 0 Å². The van der Waals surface area contributed by atoms with Crippen molar-refractivity contribution in [3.05, 3.63) is 72.3 Å². The van der Waals surface area contributed by atoms with E-state index < -0.39 is 0 Å². The Morgan fingerprint density at radius 3 is 2.00 bits per heavy atom. The molecule has 1 saturated carbocycles. The molecular weight excluding hydrogens is 492 g/mol. The smallest absolute Gasteiger partial charge is 0.343 e. The number of benzene rings is 2. The molecule has 0 saturated heterocycles. The Morgan fingerprint density at radius 2 is 1.35 bits per heavy atom. The highest BCUT2D eigenvalue weighted by Crippen LogP contribution is 2.34. The fraction of sp³-hybridized carbons (Fsp3) is 0.595. The molecule has 0 spiro atoms. The lowest BCUT2D eigenvalue weighted by Crippen LogP contribution is -2.15. The average molecular weight is 547 g/mol. The zero-order chi connectivity index (χ0) is 28.3. The quantitative estimate of drug-likeness (QED) is 0.0717. The van der Waals surface area contributed by atoms with E-state index in [2.05, 4.69) is 25.6 Å². The molecule has 40 heavy (non-hydrogen) atoms. The summed E-state index contributed by atoms with van der Waals surface area (Å²) in [6, 6.07) is 15.4. The van der Waals surface area contributed by atoms with E-state index in [9.17, 15) is 4.79 Å². The van der Waals surface area contributed by atoms with Crippen LogP contribution in [0.1, 0.15) is 132 Å². The summed E-state index contributed by atoms with van der Waals surface area (Å²) in [6.07, 6.45) is 25.5. The van der Waals surface area contributed by atoms with Crippen molar-refractivity contribution in [1.82, 2.24) is 0 Å². The van der Waals surface area contributed by atoms with Crippen molar-refractivity contribution in [2.24, 2.45) is 11.8 Å². The van der Waals surface area contributed by atoms with Crippen LogP contribution < -0.4 is 9.47 Å². The van der Waals surface area contributed by atoms with E-state index in [0.29, 0.717) is 17.9 Å². The topological polar surface area (TPSA) is 35.5 Å². The van der Waals surface area contributed by atoms with Crippen molar-refractivity contribution in [3.8, 4) is 11.5 Å². The Labute approximate surface area is 244 Å². The molecule has 2 aromatic carbocycles. The van der Waals surface area contributed by atoms with Crippen LogP contribution >= 0.6 is 0 Å². The van der Waals surface area contributed by atoms with Crippen LogP contribution in [-0.4, -0.2) is 12.6 Å². The van der Waals surface area contributed by atoms with Gasteiger partial charge in [-0.3, -0.25) is 0 Å². The maximum Gasteiger partial charge on any atom is 0.343 e. The maximum atomic E-state index is 12.6.